The first-order valence-electron chi connectivity index (χ1n) is 8.86. The molecule has 9 heteroatoms. The van der Waals surface area contributed by atoms with Crippen LogP contribution in [-0.4, -0.2) is 29.0 Å². The Bertz CT molecular complexity index is 1300. The Hall–Kier alpha value is -3.17. The molecule has 0 aliphatic carbocycles. The smallest absolute Gasteiger partial charge is 0.261 e. The predicted molar refractivity (Wildman–Crippen MR) is 116 cm³/mol. The number of rotatable bonds is 6. The molecule has 156 valence electrons. The maximum absolute atomic E-state index is 12.7. The van der Waals surface area contributed by atoms with E-state index in [2.05, 4.69) is 10.0 Å². The largest absolute Gasteiger partial charge is 0.322 e. The molecule has 0 heterocycles. The fraction of sp³-hybridized carbons (Fsp3) is 0.0952. The lowest BCUT2D eigenvalue weighted by atomic mass is 10.1. The number of amides is 1. The van der Waals surface area contributed by atoms with E-state index in [1.807, 2.05) is 0 Å². The van der Waals surface area contributed by atoms with Gasteiger partial charge in [0.2, 0.25) is 0 Å². The Labute approximate surface area is 175 Å². The van der Waals surface area contributed by atoms with Crippen LogP contribution in [0.3, 0.4) is 0 Å². The molecule has 0 aromatic heterocycles. The molecule has 0 aliphatic rings. The van der Waals surface area contributed by atoms with Crippen LogP contribution in [0, 0.1) is 6.92 Å². The lowest BCUT2D eigenvalue weighted by Gasteiger charge is -2.12. The fourth-order valence-corrected chi connectivity index (χ4v) is 4.47. The summed E-state index contributed by atoms with van der Waals surface area (Å²) < 4.78 is 51.0. The summed E-state index contributed by atoms with van der Waals surface area (Å²) >= 11 is 0. The van der Waals surface area contributed by atoms with Crippen molar-refractivity contribution in [3.63, 3.8) is 0 Å². The topological polar surface area (TPSA) is 109 Å². The fourth-order valence-electron chi connectivity index (χ4n) is 2.75. The Balaban J connectivity index is 1.83. The van der Waals surface area contributed by atoms with Gasteiger partial charge in [0.05, 0.1) is 15.5 Å². The lowest BCUT2D eigenvalue weighted by molar-refractivity contribution is 0.102. The summed E-state index contributed by atoms with van der Waals surface area (Å²) in [5.74, 6) is -0.499. The molecule has 0 unspecified atom stereocenters. The molecule has 0 spiro atoms. The number of benzene rings is 3. The first-order valence-corrected chi connectivity index (χ1v) is 12.2. The standard InChI is InChI=1S/C21H20N2O5S2/c1-15-11-12-19(29(2,25)26)14-20(15)21(24)22-16-7-6-8-17(13-16)23-30(27,28)18-9-4-3-5-10-18/h3-14,23H,1-2H3,(H,22,24). The average molecular weight is 445 g/mol. The van der Waals surface area contributed by atoms with Gasteiger partial charge in [-0.1, -0.05) is 30.3 Å². The highest BCUT2D eigenvalue weighted by atomic mass is 32.2. The molecule has 30 heavy (non-hydrogen) atoms. The predicted octanol–water partition coefficient (Wildman–Crippen LogP) is 3.45. The molecular formula is C21H20N2O5S2. The van der Waals surface area contributed by atoms with Crippen LogP contribution in [0.25, 0.3) is 0 Å². The van der Waals surface area contributed by atoms with E-state index in [1.165, 1.54) is 30.3 Å². The Morgan fingerprint density at radius 1 is 0.767 bits per heavy atom. The lowest BCUT2D eigenvalue weighted by Crippen LogP contribution is -2.15. The van der Waals surface area contributed by atoms with E-state index < -0.39 is 25.8 Å². The number of anilines is 2. The number of sulfonamides is 1. The zero-order chi connectivity index (χ0) is 21.9. The average Bonchev–Trinajstić information content (AvgIpc) is 2.68. The maximum Gasteiger partial charge on any atom is 0.261 e. The van der Waals surface area contributed by atoms with E-state index in [4.69, 9.17) is 0 Å². The third-order valence-electron chi connectivity index (χ3n) is 4.31. The Morgan fingerprint density at radius 3 is 2.10 bits per heavy atom. The molecular weight excluding hydrogens is 424 g/mol. The minimum absolute atomic E-state index is 0.0441. The first-order chi connectivity index (χ1) is 14.1. The van der Waals surface area contributed by atoms with Gasteiger partial charge in [-0.05, 0) is 55.0 Å². The van der Waals surface area contributed by atoms with Crippen LogP contribution in [-0.2, 0) is 19.9 Å². The molecule has 3 aromatic rings. The van der Waals surface area contributed by atoms with E-state index >= 15 is 0 Å². The molecule has 0 saturated carbocycles. The minimum atomic E-state index is -3.77. The number of carbonyl (C=O) groups is 1. The molecule has 0 bridgehead atoms. The van der Waals surface area contributed by atoms with Gasteiger partial charge in [-0.25, -0.2) is 16.8 Å². The molecule has 3 aromatic carbocycles. The Kier molecular flexibility index (Phi) is 5.95. The van der Waals surface area contributed by atoms with Crippen LogP contribution in [0.1, 0.15) is 15.9 Å². The van der Waals surface area contributed by atoms with E-state index in [9.17, 15) is 21.6 Å². The van der Waals surface area contributed by atoms with Crippen molar-refractivity contribution in [1.82, 2.24) is 0 Å². The quantitative estimate of drug-likeness (QED) is 0.605. The summed E-state index contributed by atoms with van der Waals surface area (Å²) in [4.78, 5) is 12.8. The van der Waals surface area contributed by atoms with Gasteiger partial charge >= 0.3 is 0 Å². The van der Waals surface area contributed by atoms with Crippen molar-refractivity contribution in [2.24, 2.45) is 0 Å². The van der Waals surface area contributed by atoms with Gasteiger partial charge in [0, 0.05) is 17.5 Å². The monoisotopic (exact) mass is 444 g/mol. The van der Waals surface area contributed by atoms with Gasteiger partial charge in [-0.2, -0.15) is 0 Å². The van der Waals surface area contributed by atoms with E-state index in [0.717, 1.165) is 6.26 Å². The third-order valence-corrected chi connectivity index (χ3v) is 6.82. The third kappa shape index (κ3) is 5.05. The van der Waals surface area contributed by atoms with Gasteiger partial charge in [-0.3, -0.25) is 9.52 Å². The minimum Gasteiger partial charge on any atom is -0.322 e. The van der Waals surface area contributed by atoms with Gasteiger partial charge in [0.15, 0.2) is 9.84 Å². The first kappa shape index (κ1) is 21.5. The van der Waals surface area contributed by atoms with Crippen molar-refractivity contribution in [2.75, 3.05) is 16.3 Å². The number of carbonyl (C=O) groups excluding carboxylic acids is 1. The SMILES string of the molecule is Cc1ccc(S(C)(=O)=O)cc1C(=O)Nc1cccc(NS(=O)(=O)c2ccccc2)c1. The van der Waals surface area contributed by atoms with E-state index in [-0.39, 0.29) is 21.0 Å². The molecule has 3 rings (SSSR count). The van der Waals surface area contributed by atoms with Gasteiger partial charge in [0.1, 0.15) is 0 Å². The van der Waals surface area contributed by atoms with Crippen LogP contribution >= 0.6 is 0 Å². The van der Waals surface area contributed by atoms with Crippen molar-refractivity contribution in [2.45, 2.75) is 16.7 Å². The number of aryl methyl sites for hydroxylation is 1. The summed E-state index contributed by atoms with van der Waals surface area (Å²) in [7, 11) is -7.23. The number of hydrogen-bond acceptors (Lipinski definition) is 5. The van der Waals surface area contributed by atoms with Crippen molar-refractivity contribution < 1.29 is 21.6 Å². The van der Waals surface area contributed by atoms with Crippen LogP contribution in [0.5, 0.6) is 0 Å². The number of sulfone groups is 1. The van der Waals surface area contributed by atoms with Crippen molar-refractivity contribution in [3.8, 4) is 0 Å². The van der Waals surface area contributed by atoms with Crippen LogP contribution in [0.4, 0.5) is 11.4 Å². The second kappa shape index (κ2) is 8.29. The zero-order valence-corrected chi connectivity index (χ0v) is 17.9. The summed E-state index contributed by atoms with van der Waals surface area (Å²) in [5.41, 5.74) is 1.46. The molecule has 1 amide bonds. The van der Waals surface area contributed by atoms with E-state index in [0.29, 0.717) is 11.3 Å². The molecule has 0 aliphatic heterocycles. The van der Waals surface area contributed by atoms with Gasteiger partial charge < -0.3 is 5.32 Å². The Morgan fingerprint density at radius 2 is 1.43 bits per heavy atom. The number of nitrogens with one attached hydrogen (secondary N) is 2. The van der Waals surface area contributed by atoms with Crippen molar-refractivity contribution >= 4 is 37.1 Å². The molecule has 0 saturated heterocycles. The summed E-state index contributed by atoms with van der Waals surface area (Å²) in [6, 6.07) is 18.5. The van der Waals surface area contributed by atoms with Crippen LogP contribution < -0.4 is 10.0 Å². The molecule has 0 radical (unpaired) electrons. The molecule has 2 N–H and O–H groups in total. The highest BCUT2D eigenvalue weighted by Crippen LogP contribution is 2.21. The zero-order valence-electron chi connectivity index (χ0n) is 16.3. The second-order valence-electron chi connectivity index (χ2n) is 6.70. The highest BCUT2D eigenvalue weighted by Gasteiger charge is 2.16. The number of hydrogen-bond donors (Lipinski definition) is 2. The van der Waals surface area contributed by atoms with Crippen molar-refractivity contribution in [3.05, 3.63) is 83.9 Å². The molecule has 0 atom stereocenters. The summed E-state index contributed by atoms with van der Waals surface area (Å²) in [6.07, 6.45) is 1.07. The normalized spacial score (nSPS) is 11.7. The van der Waals surface area contributed by atoms with Gasteiger partial charge in [0.25, 0.3) is 15.9 Å². The summed E-state index contributed by atoms with van der Waals surface area (Å²) in [6.45, 7) is 1.70. The maximum atomic E-state index is 12.7. The van der Waals surface area contributed by atoms with Gasteiger partial charge in [-0.15, -0.1) is 0 Å². The van der Waals surface area contributed by atoms with Crippen molar-refractivity contribution in [1.29, 1.82) is 0 Å². The van der Waals surface area contributed by atoms with Crippen LogP contribution in [0.2, 0.25) is 0 Å². The summed E-state index contributed by atoms with van der Waals surface area (Å²) in [5, 5.41) is 2.68. The van der Waals surface area contributed by atoms with Crippen LogP contribution in [0.15, 0.2) is 82.6 Å². The second-order valence-corrected chi connectivity index (χ2v) is 10.4. The van der Waals surface area contributed by atoms with E-state index in [1.54, 1.807) is 49.4 Å². The molecule has 7 nitrogen and oxygen atoms in total. The molecule has 0 fully saturated rings. The highest BCUT2D eigenvalue weighted by molar-refractivity contribution is 7.92.